The van der Waals surface area contributed by atoms with Crippen LogP contribution >= 0.6 is 31.9 Å². The Bertz CT molecular complexity index is 261. The van der Waals surface area contributed by atoms with Crippen LogP contribution in [0.1, 0.15) is 11.7 Å². The summed E-state index contributed by atoms with van der Waals surface area (Å²) in [4.78, 5) is 0. The molecule has 1 nitrogen and oxygen atoms in total. The van der Waals surface area contributed by atoms with Crippen molar-refractivity contribution in [1.29, 1.82) is 0 Å². The van der Waals surface area contributed by atoms with Crippen molar-refractivity contribution in [2.45, 2.75) is 6.10 Å². The largest absolute Gasteiger partial charge is 0.368 e. The summed E-state index contributed by atoms with van der Waals surface area (Å²) in [6, 6.07) is 6.19. The summed E-state index contributed by atoms with van der Waals surface area (Å²) in [5.74, 6) is 0. The van der Waals surface area contributed by atoms with Crippen molar-refractivity contribution in [3.05, 3.63) is 32.7 Å². The maximum absolute atomic E-state index is 5.16. The van der Waals surface area contributed by atoms with Crippen LogP contribution in [0.5, 0.6) is 0 Å². The zero-order chi connectivity index (χ0) is 7.84. The lowest BCUT2D eigenvalue weighted by Gasteiger charge is -1.97. The molecule has 1 aliphatic heterocycles. The molecule has 0 unspecified atom stereocenters. The molecule has 0 aliphatic carbocycles. The summed E-state index contributed by atoms with van der Waals surface area (Å²) in [5, 5.41) is 0. The molecular weight excluding hydrogens is 272 g/mol. The minimum atomic E-state index is 0.337. The van der Waals surface area contributed by atoms with Crippen LogP contribution in [0.2, 0.25) is 0 Å². The predicted octanol–water partition coefficient (Wildman–Crippen LogP) is 3.28. The molecule has 11 heavy (non-hydrogen) atoms. The Hall–Kier alpha value is 0.140. The molecule has 1 aromatic rings. The van der Waals surface area contributed by atoms with Gasteiger partial charge in [0, 0.05) is 8.95 Å². The molecule has 0 N–H and O–H groups in total. The summed E-state index contributed by atoms with van der Waals surface area (Å²) in [6.45, 7) is 0.864. The molecule has 0 bridgehead atoms. The Morgan fingerprint density at radius 1 is 1.18 bits per heavy atom. The zero-order valence-corrected chi connectivity index (χ0v) is 8.85. The third-order valence-electron chi connectivity index (χ3n) is 1.59. The molecule has 0 amide bonds. The lowest BCUT2D eigenvalue weighted by Crippen LogP contribution is -1.80. The van der Waals surface area contributed by atoms with E-state index in [0.717, 1.165) is 15.6 Å². The quantitative estimate of drug-likeness (QED) is 0.718. The SMILES string of the molecule is Brc1cc(Br)cc([C@@H]2CO2)c1. The van der Waals surface area contributed by atoms with Crippen molar-refractivity contribution >= 4 is 31.9 Å². The number of benzene rings is 1. The highest BCUT2D eigenvalue weighted by atomic mass is 79.9. The molecule has 0 spiro atoms. The first-order valence-corrected chi connectivity index (χ1v) is 4.92. The van der Waals surface area contributed by atoms with Gasteiger partial charge in [-0.15, -0.1) is 0 Å². The molecule has 58 valence electrons. The predicted molar refractivity (Wildman–Crippen MR) is 50.5 cm³/mol. The Kier molecular flexibility index (Phi) is 2.04. The summed E-state index contributed by atoms with van der Waals surface area (Å²) >= 11 is 6.85. The highest BCUT2D eigenvalue weighted by Crippen LogP contribution is 2.33. The second kappa shape index (κ2) is 2.88. The molecule has 3 heteroatoms. The minimum absolute atomic E-state index is 0.337. The Labute approximate surface area is 82.0 Å². The van der Waals surface area contributed by atoms with Crippen LogP contribution in [-0.2, 0) is 4.74 Å². The van der Waals surface area contributed by atoms with Gasteiger partial charge in [-0.3, -0.25) is 0 Å². The van der Waals surface area contributed by atoms with E-state index in [0.29, 0.717) is 6.10 Å². The third-order valence-corrected chi connectivity index (χ3v) is 2.51. The summed E-state index contributed by atoms with van der Waals surface area (Å²) in [5.41, 5.74) is 1.24. The highest BCUT2D eigenvalue weighted by molar-refractivity contribution is 9.11. The van der Waals surface area contributed by atoms with Crippen molar-refractivity contribution in [3.63, 3.8) is 0 Å². The van der Waals surface area contributed by atoms with Gasteiger partial charge in [-0.05, 0) is 23.8 Å². The topological polar surface area (TPSA) is 12.5 Å². The van der Waals surface area contributed by atoms with Crippen molar-refractivity contribution in [3.8, 4) is 0 Å². The van der Waals surface area contributed by atoms with E-state index in [-0.39, 0.29) is 0 Å². The lowest BCUT2D eigenvalue weighted by atomic mass is 10.2. The molecule has 1 fully saturated rings. The minimum Gasteiger partial charge on any atom is -0.368 e. The summed E-state index contributed by atoms with van der Waals surface area (Å²) in [7, 11) is 0. The number of epoxide rings is 1. The van der Waals surface area contributed by atoms with E-state index in [4.69, 9.17) is 4.74 Å². The normalized spacial score (nSPS) is 21.8. The number of hydrogen-bond donors (Lipinski definition) is 0. The van der Waals surface area contributed by atoms with Crippen molar-refractivity contribution in [1.82, 2.24) is 0 Å². The lowest BCUT2D eigenvalue weighted by molar-refractivity contribution is 0.415. The van der Waals surface area contributed by atoms with Gasteiger partial charge in [0.1, 0.15) is 6.10 Å². The standard InChI is InChI=1S/C8H6Br2O/c9-6-1-5(8-4-11-8)2-7(10)3-6/h1-3,8H,4H2/t8-/m0/s1. The fourth-order valence-electron chi connectivity index (χ4n) is 1.00. The molecule has 0 aromatic heterocycles. The van der Waals surface area contributed by atoms with Gasteiger partial charge in [-0.25, -0.2) is 0 Å². The third kappa shape index (κ3) is 1.83. The van der Waals surface area contributed by atoms with Crippen LogP contribution in [0.4, 0.5) is 0 Å². The molecule has 1 aromatic carbocycles. The molecule has 1 heterocycles. The maximum atomic E-state index is 5.16. The van der Waals surface area contributed by atoms with E-state index in [1.807, 2.05) is 6.07 Å². The van der Waals surface area contributed by atoms with Crippen LogP contribution < -0.4 is 0 Å². The maximum Gasteiger partial charge on any atom is 0.106 e. The summed E-state index contributed by atoms with van der Waals surface area (Å²) < 4.78 is 7.35. The second-order valence-corrected chi connectivity index (χ2v) is 4.36. The van der Waals surface area contributed by atoms with Gasteiger partial charge < -0.3 is 4.74 Å². The number of hydrogen-bond acceptors (Lipinski definition) is 1. The molecule has 1 aliphatic rings. The van der Waals surface area contributed by atoms with E-state index in [1.165, 1.54) is 5.56 Å². The molecule has 1 atom stereocenters. The average molecular weight is 278 g/mol. The van der Waals surface area contributed by atoms with Gasteiger partial charge in [-0.1, -0.05) is 31.9 Å². The monoisotopic (exact) mass is 276 g/mol. The molecule has 1 saturated heterocycles. The second-order valence-electron chi connectivity index (χ2n) is 2.52. The van der Waals surface area contributed by atoms with Crippen LogP contribution in [0.3, 0.4) is 0 Å². The van der Waals surface area contributed by atoms with E-state index in [1.54, 1.807) is 0 Å². The average Bonchev–Trinajstić information content (AvgIpc) is 2.64. The first-order chi connectivity index (χ1) is 5.25. The van der Waals surface area contributed by atoms with Crippen molar-refractivity contribution < 1.29 is 4.74 Å². The number of rotatable bonds is 1. The van der Waals surface area contributed by atoms with E-state index in [2.05, 4.69) is 44.0 Å². The highest BCUT2D eigenvalue weighted by Gasteiger charge is 2.24. The zero-order valence-electron chi connectivity index (χ0n) is 5.68. The Morgan fingerprint density at radius 2 is 1.73 bits per heavy atom. The first kappa shape index (κ1) is 7.77. The number of ether oxygens (including phenoxy) is 1. The van der Waals surface area contributed by atoms with Crippen molar-refractivity contribution in [2.75, 3.05) is 6.61 Å². The van der Waals surface area contributed by atoms with Gasteiger partial charge in [0.2, 0.25) is 0 Å². The van der Waals surface area contributed by atoms with Gasteiger partial charge in [0.25, 0.3) is 0 Å². The van der Waals surface area contributed by atoms with Crippen molar-refractivity contribution in [2.24, 2.45) is 0 Å². The first-order valence-electron chi connectivity index (χ1n) is 3.33. The number of halogens is 2. The van der Waals surface area contributed by atoms with Gasteiger partial charge in [0.15, 0.2) is 0 Å². The van der Waals surface area contributed by atoms with E-state index in [9.17, 15) is 0 Å². The smallest absolute Gasteiger partial charge is 0.106 e. The van der Waals surface area contributed by atoms with Gasteiger partial charge in [0.05, 0.1) is 6.61 Å². The molecule has 0 radical (unpaired) electrons. The molecule has 2 rings (SSSR count). The Morgan fingerprint density at radius 3 is 2.18 bits per heavy atom. The van der Waals surface area contributed by atoms with Gasteiger partial charge in [-0.2, -0.15) is 0 Å². The van der Waals surface area contributed by atoms with E-state index < -0.39 is 0 Å². The Balaban J connectivity index is 2.39. The van der Waals surface area contributed by atoms with Crippen LogP contribution in [0.15, 0.2) is 27.1 Å². The van der Waals surface area contributed by atoms with E-state index >= 15 is 0 Å². The molecule has 0 saturated carbocycles. The van der Waals surface area contributed by atoms with Crippen LogP contribution in [-0.4, -0.2) is 6.61 Å². The van der Waals surface area contributed by atoms with Crippen LogP contribution in [0, 0.1) is 0 Å². The van der Waals surface area contributed by atoms with Gasteiger partial charge >= 0.3 is 0 Å². The fraction of sp³-hybridized carbons (Fsp3) is 0.250. The van der Waals surface area contributed by atoms with Crippen LogP contribution in [0.25, 0.3) is 0 Å². The fourth-order valence-corrected chi connectivity index (χ4v) is 2.33. The summed E-state index contributed by atoms with van der Waals surface area (Å²) in [6.07, 6.45) is 0.337. The molecular formula is C8H6Br2O.